The van der Waals surface area contributed by atoms with E-state index >= 15 is 0 Å². The summed E-state index contributed by atoms with van der Waals surface area (Å²) in [6.45, 7) is 0. The molecule has 1 aliphatic rings. The first-order valence-corrected chi connectivity index (χ1v) is 17.4. The number of aromatic nitrogens is 1. The number of benzene rings is 7. The molecule has 0 unspecified atom stereocenters. The third-order valence-corrected chi connectivity index (χ3v) is 11.5. The summed E-state index contributed by atoms with van der Waals surface area (Å²) in [7, 11) is 0. The Morgan fingerprint density at radius 1 is 0.447 bits per heavy atom. The van der Waals surface area contributed by atoms with Gasteiger partial charge in [-0.1, -0.05) is 109 Å². The number of rotatable bonds is 5. The Hall–Kier alpha value is -5.55. The van der Waals surface area contributed by atoms with Crippen molar-refractivity contribution in [1.29, 1.82) is 0 Å². The standard InChI is InChI=1S/C43H26N2S2/c1-3-10-27(11-4-1)28-18-20-31(21-19-28)45(32-22-23-39-36(25-32)34-15-7-8-17-38(34)46-39)33-24-30-14-9-16-35-40(30)37(26-33)41-42(35)47-43(44-41)29-12-5-2-6-13-29/h1-26H. The van der Waals surface area contributed by atoms with Crippen molar-refractivity contribution in [2.75, 3.05) is 4.90 Å². The minimum Gasteiger partial charge on any atom is -0.310 e. The third kappa shape index (κ3) is 4.26. The lowest BCUT2D eigenvalue weighted by Crippen LogP contribution is -2.10. The molecule has 10 rings (SSSR count). The molecule has 2 heterocycles. The average molecular weight is 635 g/mol. The summed E-state index contributed by atoms with van der Waals surface area (Å²) >= 11 is 3.65. The highest BCUT2D eigenvalue weighted by atomic mass is 32.1. The van der Waals surface area contributed by atoms with Gasteiger partial charge < -0.3 is 4.90 Å². The summed E-state index contributed by atoms with van der Waals surface area (Å²) in [6.07, 6.45) is 0. The predicted molar refractivity (Wildman–Crippen MR) is 202 cm³/mol. The molecule has 0 atom stereocenters. The molecule has 47 heavy (non-hydrogen) atoms. The lowest BCUT2D eigenvalue weighted by Gasteiger charge is -2.27. The van der Waals surface area contributed by atoms with Crippen LogP contribution >= 0.6 is 22.7 Å². The Labute approximate surface area is 280 Å². The summed E-state index contributed by atoms with van der Waals surface area (Å²) in [5, 5.41) is 6.18. The maximum absolute atomic E-state index is 5.26. The topological polar surface area (TPSA) is 16.1 Å². The van der Waals surface area contributed by atoms with Gasteiger partial charge in [0.15, 0.2) is 0 Å². The summed E-state index contributed by atoms with van der Waals surface area (Å²) < 4.78 is 2.62. The number of hydrogen-bond donors (Lipinski definition) is 0. The van der Waals surface area contributed by atoms with Crippen molar-refractivity contribution in [1.82, 2.24) is 4.98 Å². The Bertz CT molecular complexity index is 2620. The molecule has 7 aromatic carbocycles. The molecule has 0 radical (unpaired) electrons. The zero-order valence-electron chi connectivity index (χ0n) is 25.2. The smallest absolute Gasteiger partial charge is 0.124 e. The number of fused-ring (bicyclic) bond motifs is 6. The van der Waals surface area contributed by atoms with Gasteiger partial charge >= 0.3 is 0 Å². The quantitative estimate of drug-likeness (QED) is 0.187. The second kappa shape index (κ2) is 10.5. The number of nitrogens with zero attached hydrogens (tertiary/aromatic N) is 2. The largest absolute Gasteiger partial charge is 0.310 e. The first-order chi connectivity index (χ1) is 23.3. The first-order valence-electron chi connectivity index (χ1n) is 15.8. The van der Waals surface area contributed by atoms with Crippen LogP contribution in [0.15, 0.2) is 158 Å². The Kier molecular flexibility index (Phi) is 5.95. The Morgan fingerprint density at radius 2 is 1.15 bits per heavy atom. The molecule has 0 amide bonds. The van der Waals surface area contributed by atoms with Crippen LogP contribution in [0, 0.1) is 0 Å². The average Bonchev–Trinajstić information content (AvgIpc) is 3.82. The van der Waals surface area contributed by atoms with E-state index in [-0.39, 0.29) is 0 Å². The van der Waals surface area contributed by atoms with Crippen molar-refractivity contribution in [3.63, 3.8) is 0 Å². The van der Waals surface area contributed by atoms with E-state index in [0.717, 1.165) is 33.3 Å². The summed E-state index contributed by atoms with van der Waals surface area (Å²) in [6, 6.07) is 57.1. The van der Waals surface area contributed by atoms with Crippen molar-refractivity contribution in [2.45, 2.75) is 0 Å². The van der Waals surface area contributed by atoms with E-state index in [1.807, 2.05) is 11.3 Å². The lowest BCUT2D eigenvalue weighted by atomic mass is 10.0. The number of anilines is 3. The molecule has 220 valence electrons. The fourth-order valence-corrected chi connectivity index (χ4v) is 9.24. The van der Waals surface area contributed by atoms with Gasteiger partial charge in [-0.05, 0) is 70.4 Å². The van der Waals surface area contributed by atoms with Gasteiger partial charge in [-0.15, -0.1) is 22.7 Å². The number of thiophene rings is 1. The molecule has 0 aliphatic heterocycles. The van der Waals surface area contributed by atoms with Gasteiger partial charge in [-0.3, -0.25) is 0 Å². The number of hydrogen-bond acceptors (Lipinski definition) is 4. The molecular weight excluding hydrogens is 609 g/mol. The fraction of sp³-hybridized carbons (Fsp3) is 0. The molecule has 0 fully saturated rings. The molecular formula is C43H26N2S2. The molecule has 1 aliphatic carbocycles. The highest BCUT2D eigenvalue weighted by Gasteiger charge is 2.28. The second-order valence-electron chi connectivity index (χ2n) is 12.0. The maximum atomic E-state index is 5.26. The van der Waals surface area contributed by atoms with Crippen LogP contribution in [0.1, 0.15) is 0 Å². The normalized spacial score (nSPS) is 11.8. The lowest BCUT2D eigenvalue weighted by molar-refractivity contribution is 1.29. The maximum Gasteiger partial charge on any atom is 0.124 e. The molecule has 0 N–H and O–H groups in total. The second-order valence-corrected chi connectivity index (χ2v) is 14.1. The van der Waals surface area contributed by atoms with E-state index < -0.39 is 0 Å². The molecule has 0 bridgehead atoms. The van der Waals surface area contributed by atoms with Gasteiger partial charge in [0.2, 0.25) is 0 Å². The van der Waals surface area contributed by atoms with Crippen LogP contribution < -0.4 is 4.90 Å². The molecule has 9 aromatic rings. The fourth-order valence-electron chi connectivity index (χ4n) is 7.04. The SMILES string of the molecule is c1ccc(-c2ccc(N(c3cc4c5c(cccc5c3)-c3sc(-c5ccccc5)nc3-4)c3ccc4sc5ccccc5c4c3)cc2)cc1. The monoisotopic (exact) mass is 634 g/mol. The van der Waals surface area contributed by atoms with Gasteiger partial charge in [0, 0.05) is 53.9 Å². The van der Waals surface area contributed by atoms with Crippen LogP contribution in [0.25, 0.3) is 74.3 Å². The molecule has 2 aromatic heterocycles. The van der Waals surface area contributed by atoms with Crippen molar-refractivity contribution in [2.24, 2.45) is 0 Å². The zero-order chi connectivity index (χ0) is 30.9. The Balaban J connectivity index is 1.18. The number of thiazole rings is 1. The van der Waals surface area contributed by atoms with E-state index in [0.29, 0.717) is 0 Å². The molecule has 0 saturated heterocycles. The highest BCUT2D eigenvalue weighted by Crippen LogP contribution is 2.53. The summed E-state index contributed by atoms with van der Waals surface area (Å²) in [5.74, 6) is 0. The highest BCUT2D eigenvalue weighted by molar-refractivity contribution is 7.25. The molecule has 0 saturated carbocycles. The summed E-state index contributed by atoms with van der Waals surface area (Å²) in [5.41, 5.74) is 10.5. The van der Waals surface area contributed by atoms with Crippen molar-refractivity contribution < 1.29 is 0 Å². The molecule has 2 nitrogen and oxygen atoms in total. The van der Waals surface area contributed by atoms with Gasteiger partial charge in [0.1, 0.15) is 5.01 Å². The third-order valence-electron chi connectivity index (χ3n) is 9.22. The van der Waals surface area contributed by atoms with Gasteiger partial charge in [-0.25, -0.2) is 4.98 Å². The zero-order valence-corrected chi connectivity index (χ0v) is 26.9. The van der Waals surface area contributed by atoms with E-state index in [4.69, 9.17) is 4.98 Å². The van der Waals surface area contributed by atoms with Crippen LogP contribution in [0.3, 0.4) is 0 Å². The van der Waals surface area contributed by atoms with Crippen LogP contribution in [-0.4, -0.2) is 4.98 Å². The molecule has 4 heteroatoms. The summed E-state index contributed by atoms with van der Waals surface area (Å²) in [4.78, 5) is 8.93. The van der Waals surface area contributed by atoms with Gasteiger partial charge in [0.25, 0.3) is 0 Å². The van der Waals surface area contributed by atoms with E-state index in [9.17, 15) is 0 Å². The van der Waals surface area contributed by atoms with E-state index in [1.165, 1.54) is 58.1 Å². The van der Waals surface area contributed by atoms with Crippen LogP contribution in [0.5, 0.6) is 0 Å². The Morgan fingerprint density at radius 3 is 1.98 bits per heavy atom. The first kappa shape index (κ1) is 26.6. The van der Waals surface area contributed by atoms with E-state index in [2.05, 4.69) is 163 Å². The van der Waals surface area contributed by atoms with Crippen molar-refractivity contribution >= 4 is 70.7 Å². The van der Waals surface area contributed by atoms with Gasteiger partial charge in [-0.2, -0.15) is 0 Å². The van der Waals surface area contributed by atoms with Crippen LogP contribution in [-0.2, 0) is 0 Å². The van der Waals surface area contributed by atoms with Crippen LogP contribution in [0.4, 0.5) is 17.1 Å². The predicted octanol–water partition coefficient (Wildman–Crippen LogP) is 13.1. The van der Waals surface area contributed by atoms with E-state index in [1.54, 1.807) is 11.3 Å². The van der Waals surface area contributed by atoms with Crippen LogP contribution in [0.2, 0.25) is 0 Å². The minimum absolute atomic E-state index is 1.06. The molecule has 0 spiro atoms. The van der Waals surface area contributed by atoms with Gasteiger partial charge in [0.05, 0.1) is 10.6 Å². The van der Waals surface area contributed by atoms with Crippen molar-refractivity contribution in [3.8, 4) is 43.4 Å². The minimum atomic E-state index is 1.06. The van der Waals surface area contributed by atoms with Crippen molar-refractivity contribution in [3.05, 3.63) is 158 Å².